The van der Waals surface area contributed by atoms with Crippen molar-refractivity contribution < 1.29 is 13.2 Å². The topological polar surface area (TPSA) is 81.4 Å². The lowest BCUT2D eigenvalue weighted by atomic mass is 10.2. The van der Waals surface area contributed by atoms with Gasteiger partial charge in [0.2, 0.25) is 10.0 Å². The van der Waals surface area contributed by atoms with E-state index in [-0.39, 0.29) is 17.5 Å². The van der Waals surface area contributed by atoms with Gasteiger partial charge < -0.3 is 10.5 Å². The van der Waals surface area contributed by atoms with E-state index >= 15 is 0 Å². The van der Waals surface area contributed by atoms with E-state index in [0.29, 0.717) is 17.9 Å². The monoisotopic (exact) mass is 272 g/mol. The first kappa shape index (κ1) is 14.9. The van der Waals surface area contributed by atoms with Crippen LogP contribution in [0, 0.1) is 6.92 Å². The van der Waals surface area contributed by atoms with Crippen molar-refractivity contribution in [3.63, 3.8) is 0 Å². The summed E-state index contributed by atoms with van der Waals surface area (Å²) in [5.41, 5.74) is 6.71. The first-order valence-electron chi connectivity index (χ1n) is 5.84. The fourth-order valence-corrected chi connectivity index (χ4v) is 2.95. The lowest BCUT2D eigenvalue weighted by molar-refractivity contribution is 0.0799. The van der Waals surface area contributed by atoms with Gasteiger partial charge in [-0.1, -0.05) is 6.07 Å². The molecule has 0 amide bonds. The molecule has 1 aromatic carbocycles. The summed E-state index contributed by atoms with van der Waals surface area (Å²) in [7, 11) is -3.54. The van der Waals surface area contributed by atoms with Crippen LogP contribution < -0.4 is 10.5 Å². The molecular weight excluding hydrogens is 252 g/mol. The molecule has 0 aliphatic rings. The van der Waals surface area contributed by atoms with Crippen molar-refractivity contribution in [2.75, 3.05) is 18.9 Å². The number of hydrogen-bond acceptors (Lipinski definition) is 4. The standard InChI is InChI=1S/C12H20N2O3S/c1-4-17-10(3)8-14-18(15,16)12-7-11(13)6-5-9(12)2/h5-7,10,14H,4,8,13H2,1-3H3. The number of hydrogen-bond donors (Lipinski definition) is 2. The van der Waals surface area contributed by atoms with Crippen LogP contribution >= 0.6 is 0 Å². The Hall–Kier alpha value is -1.11. The zero-order valence-corrected chi connectivity index (χ0v) is 11.8. The van der Waals surface area contributed by atoms with E-state index in [1.54, 1.807) is 19.1 Å². The van der Waals surface area contributed by atoms with Crippen LogP contribution in [0.5, 0.6) is 0 Å². The Morgan fingerprint density at radius 1 is 1.44 bits per heavy atom. The molecule has 0 aliphatic heterocycles. The average molecular weight is 272 g/mol. The summed E-state index contributed by atoms with van der Waals surface area (Å²) in [6.45, 7) is 6.22. The molecular formula is C12H20N2O3S. The van der Waals surface area contributed by atoms with Gasteiger partial charge in [0.05, 0.1) is 11.0 Å². The third-order valence-corrected chi connectivity index (χ3v) is 4.08. The molecule has 1 atom stereocenters. The lowest BCUT2D eigenvalue weighted by Gasteiger charge is -2.14. The highest BCUT2D eigenvalue weighted by molar-refractivity contribution is 7.89. The maximum absolute atomic E-state index is 12.1. The quantitative estimate of drug-likeness (QED) is 0.764. The van der Waals surface area contributed by atoms with Gasteiger partial charge in [-0.15, -0.1) is 0 Å². The summed E-state index contributed by atoms with van der Waals surface area (Å²) in [5, 5.41) is 0. The molecule has 102 valence electrons. The molecule has 0 saturated carbocycles. The van der Waals surface area contributed by atoms with Gasteiger partial charge in [0.1, 0.15) is 0 Å². The van der Waals surface area contributed by atoms with Gasteiger partial charge >= 0.3 is 0 Å². The normalized spacial score (nSPS) is 13.5. The SMILES string of the molecule is CCOC(C)CNS(=O)(=O)c1cc(N)ccc1C. The molecule has 0 radical (unpaired) electrons. The Morgan fingerprint density at radius 3 is 2.72 bits per heavy atom. The van der Waals surface area contributed by atoms with Gasteiger partial charge in [-0.2, -0.15) is 0 Å². The van der Waals surface area contributed by atoms with Crippen molar-refractivity contribution in [2.45, 2.75) is 31.8 Å². The molecule has 0 aliphatic carbocycles. The van der Waals surface area contributed by atoms with Gasteiger partial charge in [0.15, 0.2) is 0 Å². The number of aryl methyl sites for hydroxylation is 1. The Morgan fingerprint density at radius 2 is 2.11 bits per heavy atom. The molecule has 0 spiro atoms. The van der Waals surface area contributed by atoms with Crippen molar-refractivity contribution in [3.8, 4) is 0 Å². The Bertz CT molecular complexity index is 500. The van der Waals surface area contributed by atoms with E-state index < -0.39 is 10.0 Å². The second kappa shape index (κ2) is 6.17. The molecule has 3 N–H and O–H groups in total. The van der Waals surface area contributed by atoms with Gasteiger partial charge in [0.25, 0.3) is 0 Å². The predicted molar refractivity (Wildman–Crippen MR) is 71.9 cm³/mol. The summed E-state index contributed by atoms with van der Waals surface area (Å²) in [6.07, 6.45) is -0.161. The summed E-state index contributed by atoms with van der Waals surface area (Å²) >= 11 is 0. The minimum atomic E-state index is -3.54. The van der Waals surface area contributed by atoms with Crippen molar-refractivity contribution in [2.24, 2.45) is 0 Å². The van der Waals surface area contributed by atoms with E-state index in [4.69, 9.17) is 10.5 Å². The zero-order valence-electron chi connectivity index (χ0n) is 10.9. The number of ether oxygens (including phenoxy) is 1. The molecule has 0 aromatic heterocycles. The Labute approximate surface area is 108 Å². The first-order chi connectivity index (χ1) is 8.36. The highest BCUT2D eigenvalue weighted by atomic mass is 32.2. The van der Waals surface area contributed by atoms with Crippen LogP contribution in [-0.4, -0.2) is 27.7 Å². The maximum atomic E-state index is 12.1. The minimum Gasteiger partial charge on any atom is -0.399 e. The van der Waals surface area contributed by atoms with E-state index in [2.05, 4.69) is 4.72 Å². The van der Waals surface area contributed by atoms with Crippen molar-refractivity contribution in [3.05, 3.63) is 23.8 Å². The fraction of sp³-hybridized carbons (Fsp3) is 0.500. The molecule has 6 heteroatoms. The molecule has 1 aromatic rings. The van der Waals surface area contributed by atoms with Crippen LogP contribution in [0.25, 0.3) is 0 Å². The number of rotatable bonds is 6. The van der Waals surface area contributed by atoms with Crippen LogP contribution in [0.1, 0.15) is 19.4 Å². The highest BCUT2D eigenvalue weighted by Crippen LogP contribution is 2.17. The van der Waals surface area contributed by atoms with Crippen molar-refractivity contribution >= 4 is 15.7 Å². The summed E-state index contributed by atoms with van der Waals surface area (Å²) in [4.78, 5) is 0.214. The number of nitrogens with two attached hydrogens (primary N) is 1. The number of nitrogens with one attached hydrogen (secondary N) is 1. The van der Waals surface area contributed by atoms with E-state index in [1.807, 2.05) is 13.8 Å². The molecule has 0 heterocycles. The molecule has 0 bridgehead atoms. The van der Waals surface area contributed by atoms with Crippen LogP contribution in [0.2, 0.25) is 0 Å². The van der Waals surface area contributed by atoms with E-state index in [0.717, 1.165) is 0 Å². The van der Waals surface area contributed by atoms with E-state index in [9.17, 15) is 8.42 Å². The van der Waals surface area contributed by atoms with Crippen LogP contribution in [0.4, 0.5) is 5.69 Å². The van der Waals surface area contributed by atoms with Gasteiger partial charge in [-0.05, 0) is 38.5 Å². The number of benzene rings is 1. The number of anilines is 1. The molecule has 0 saturated heterocycles. The molecule has 0 fully saturated rings. The maximum Gasteiger partial charge on any atom is 0.240 e. The molecule has 1 rings (SSSR count). The van der Waals surface area contributed by atoms with Crippen molar-refractivity contribution in [1.82, 2.24) is 4.72 Å². The second-order valence-corrected chi connectivity index (χ2v) is 5.88. The van der Waals surface area contributed by atoms with Gasteiger partial charge in [-0.3, -0.25) is 0 Å². The Balaban J connectivity index is 2.83. The molecule has 5 nitrogen and oxygen atoms in total. The molecule has 1 unspecified atom stereocenters. The summed E-state index contributed by atoms with van der Waals surface area (Å²) < 4.78 is 32.0. The summed E-state index contributed by atoms with van der Waals surface area (Å²) in [5.74, 6) is 0. The van der Waals surface area contributed by atoms with Crippen LogP contribution in [0.3, 0.4) is 0 Å². The zero-order chi connectivity index (χ0) is 13.8. The fourth-order valence-electron chi connectivity index (χ4n) is 1.55. The number of nitrogen functional groups attached to an aromatic ring is 1. The van der Waals surface area contributed by atoms with E-state index in [1.165, 1.54) is 6.07 Å². The Kier molecular flexibility index (Phi) is 5.13. The molecule has 18 heavy (non-hydrogen) atoms. The summed E-state index contributed by atoms with van der Waals surface area (Å²) in [6, 6.07) is 4.83. The first-order valence-corrected chi connectivity index (χ1v) is 7.32. The number of sulfonamides is 1. The third kappa shape index (κ3) is 3.97. The third-order valence-electron chi connectivity index (χ3n) is 2.51. The lowest BCUT2D eigenvalue weighted by Crippen LogP contribution is -2.32. The van der Waals surface area contributed by atoms with Crippen LogP contribution in [-0.2, 0) is 14.8 Å². The average Bonchev–Trinajstić information content (AvgIpc) is 2.30. The second-order valence-electron chi connectivity index (χ2n) is 4.14. The van der Waals surface area contributed by atoms with Crippen LogP contribution in [0.15, 0.2) is 23.1 Å². The predicted octanol–water partition coefficient (Wildman–Crippen LogP) is 1.28. The highest BCUT2D eigenvalue weighted by Gasteiger charge is 2.17. The van der Waals surface area contributed by atoms with Crippen molar-refractivity contribution in [1.29, 1.82) is 0 Å². The van der Waals surface area contributed by atoms with Gasteiger partial charge in [-0.25, -0.2) is 13.1 Å². The largest absolute Gasteiger partial charge is 0.399 e. The smallest absolute Gasteiger partial charge is 0.240 e. The van der Waals surface area contributed by atoms with Gasteiger partial charge in [0, 0.05) is 18.8 Å². The minimum absolute atomic E-state index is 0.161.